The van der Waals surface area contributed by atoms with Gasteiger partial charge >= 0.3 is 0 Å². The maximum Gasteiger partial charge on any atom is 0.287 e. The molecule has 1 saturated carbocycles. The monoisotopic (exact) mass is 286 g/mol. The van der Waals surface area contributed by atoms with Crippen molar-refractivity contribution in [2.75, 3.05) is 6.54 Å². The third-order valence-corrected chi connectivity index (χ3v) is 4.65. The van der Waals surface area contributed by atoms with Crippen LogP contribution in [0.2, 0.25) is 0 Å². The molecule has 1 aromatic heterocycles. The van der Waals surface area contributed by atoms with Crippen LogP contribution in [-0.4, -0.2) is 20.9 Å². The Hall–Kier alpha value is -1.34. The number of nitrogens with one attached hydrogen (secondary N) is 1. The zero-order valence-corrected chi connectivity index (χ0v) is 12.0. The first-order valence-electron chi connectivity index (χ1n) is 6.03. The van der Waals surface area contributed by atoms with E-state index in [1.807, 2.05) is 0 Å². The molecule has 106 valence electrons. The highest BCUT2D eigenvalue weighted by molar-refractivity contribution is 7.89. The van der Waals surface area contributed by atoms with Crippen LogP contribution in [0.4, 0.5) is 0 Å². The van der Waals surface area contributed by atoms with Crippen LogP contribution < -0.4 is 10.5 Å². The van der Waals surface area contributed by atoms with Crippen molar-refractivity contribution in [1.82, 2.24) is 5.32 Å². The van der Waals surface area contributed by atoms with Gasteiger partial charge in [-0.15, -0.1) is 0 Å². The zero-order valence-electron chi connectivity index (χ0n) is 11.2. The molecular formula is C12H18N2O4S. The van der Waals surface area contributed by atoms with E-state index in [2.05, 4.69) is 19.2 Å². The van der Waals surface area contributed by atoms with E-state index >= 15 is 0 Å². The van der Waals surface area contributed by atoms with Crippen LogP contribution in [0.25, 0.3) is 0 Å². The highest BCUT2D eigenvalue weighted by atomic mass is 32.2. The third kappa shape index (κ3) is 2.98. The fourth-order valence-electron chi connectivity index (χ4n) is 2.09. The first-order chi connectivity index (χ1) is 8.61. The number of rotatable bonds is 4. The Morgan fingerprint density at radius 1 is 1.58 bits per heavy atom. The molecule has 1 amide bonds. The second-order valence-corrected chi connectivity index (χ2v) is 7.21. The fourth-order valence-corrected chi connectivity index (χ4v) is 2.80. The first kappa shape index (κ1) is 14.1. The van der Waals surface area contributed by atoms with Crippen molar-refractivity contribution >= 4 is 15.9 Å². The highest BCUT2D eigenvalue weighted by Crippen LogP contribution is 2.50. The summed E-state index contributed by atoms with van der Waals surface area (Å²) in [6, 6.07) is 1.16. The van der Waals surface area contributed by atoms with Crippen LogP contribution in [-0.2, 0) is 10.0 Å². The van der Waals surface area contributed by atoms with E-state index in [1.54, 1.807) is 0 Å². The molecule has 0 radical (unpaired) electrons. The van der Waals surface area contributed by atoms with Gasteiger partial charge in [0, 0.05) is 12.6 Å². The molecule has 2 rings (SSSR count). The van der Waals surface area contributed by atoms with Crippen LogP contribution in [0.15, 0.2) is 15.4 Å². The van der Waals surface area contributed by atoms with E-state index in [1.165, 1.54) is 6.92 Å². The zero-order chi connectivity index (χ0) is 14.4. The molecule has 0 aliphatic heterocycles. The molecule has 1 heterocycles. The van der Waals surface area contributed by atoms with Crippen LogP contribution in [0.3, 0.4) is 0 Å². The number of furan rings is 1. The van der Waals surface area contributed by atoms with Gasteiger partial charge in [-0.25, -0.2) is 13.6 Å². The molecule has 19 heavy (non-hydrogen) atoms. The first-order valence-corrected chi connectivity index (χ1v) is 7.57. The Kier molecular flexibility index (Phi) is 3.22. The summed E-state index contributed by atoms with van der Waals surface area (Å²) in [6.45, 7) is 6.30. The van der Waals surface area contributed by atoms with Crippen molar-refractivity contribution in [3.63, 3.8) is 0 Å². The van der Waals surface area contributed by atoms with Crippen LogP contribution in [0.1, 0.15) is 36.6 Å². The molecule has 3 N–H and O–H groups in total. The summed E-state index contributed by atoms with van der Waals surface area (Å²) in [4.78, 5) is 11.7. The second-order valence-electron chi connectivity index (χ2n) is 5.68. The van der Waals surface area contributed by atoms with Gasteiger partial charge in [0.2, 0.25) is 10.0 Å². The number of primary sulfonamides is 1. The summed E-state index contributed by atoms with van der Waals surface area (Å²) >= 11 is 0. The van der Waals surface area contributed by atoms with Gasteiger partial charge in [0.05, 0.1) is 0 Å². The van der Waals surface area contributed by atoms with Crippen LogP contribution in [0, 0.1) is 18.3 Å². The average Bonchev–Trinajstić information content (AvgIpc) is 2.69. The van der Waals surface area contributed by atoms with Gasteiger partial charge in [-0.3, -0.25) is 4.79 Å². The minimum atomic E-state index is -3.86. The lowest BCUT2D eigenvalue weighted by molar-refractivity contribution is 0.0921. The summed E-state index contributed by atoms with van der Waals surface area (Å²) in [6.07, 6.45) is 1.08. The SMILES string of the molecule is Cc1oc(C(=O)NCC2CC2(C)C)cc1S(N)(=O)=O. The van der Waals surface area contributed by atoms with E-state index < -0.39 is 15.9 Å². The molecule has 7 heteroatoms. The summed E-state index contributed by atoms with van der Waals surface area (Å²) in [5.74, 6) is 0.144. The normalized spacial score (nSPS) is 21.2. The number of carbonyl (C=O) groups excluding carboxylic acids is 1. The lowest BCUT2D eigenvalue weighted by Crippen LogP contribution is -2.26. The Balaban J connectivity index is 2.04. The van der Waals surface area contributed by atoms with Crippen molar-refractivity contribution in [3.8, 4) is 0 Å². The number of amides is 1. The number of hydrogen-bond donors (Lipinski definition) is 2. The Labute approximate surface area is 112 Å². The molecule has 0 spiro atoms. The highest BCUT2D eigenvalue weighted by Gasteiger charge is 2.45. The molecule has 1 aliphatic rings. The summed E-state index contributed by atoms with van der Waals surface area (Å²) in [5, 5.41) is 7.76. The van der Waals surface area contributed by atoms with Gasteiger partial charge in [-0.05, 0) is 24.7 Å². The second kappa shape index (κ2) is 4.35. The minimum absolute atomic E-state index is 0.0278. The topological polar surface area (TPSA) is 102 Å². The Morgan fingerprint density at radius 3 is 2.58 bits per heavy atom. The minimum Gasteiger partial charge on any atom is -0.455 e. The number of carbonyl (C=O) groups is 1. The largest absolute Gasteiger partial charge is 0.455 e. The Bertz CT molecular complexity index is 616. The molecule has 6 nitrogen and oxygen atoms in total. The molecule has 0 bridgehead atoms. The van der Waals surface area contributed by atoms with E-state index in [9.17, 15) is 13.2 Å². The van der Waals surface area contributed by atoms with Crippen molar-refractivity contribution in [1.29, 1.82) is 0 Å². The molecule has 0 saturated heterocycles. The van der Waals surface area contributed by atoms with Crippen molar-refractivity contribution < 1.29 is 17.6 Å². The molecule has 1 unspecified atom stereocenters. The summed E-state index contributed by atoms with van der Waals surface area (Å²) in [5.41, 5.74) is 0.276. The average molecular weight is 286 g/mol. The van der Waals surface area contributed by atoms with E-state index in [4.69, 9.17) is 9.56 Å². The smallest absolute Gasteiger partial charge is 0.287 e. The summed E-state index contributed by atoms with van der Waals surface area (Å²) < 4.78 is 27.6. The van der Waals surface area contributed by atoms with Crippen LogP contribution >= 0.6 is 0 Å². The maximum absolute atomic E-state index is 11.8. The number of aryl methyl sites for hydroxylation is 1. The van der Waals surface area contributed by atoms with Crippen LogP contribution in [0.5, 0.6) is 0 Å². The molecule has 0 aromatic carbocycles. The Morgan fingerprint density at radius 2 is 2.16 bits per heavy atom. The molecule has 1 fully saturated rings. The van der Waals surface area contributed by atoms with Gasteiger partial charge < -0.3 is 9.73 Å². The number of hydrogen-bond acceptors (Lipinski definition) is 4. The lowest BCUT2D eigenvalue weighted by Gasteiger charge is -2.04. The molecular weight excluding hydrogens is 268 g/mol. The summed E-state index contributed by atoms with van der Waals surface area (Å²) in [7, 11) is -3.86. The molecule has 1 aliphatic carbocycles. The van der Waals surface area contributed by atoms with E-state index in [0.29, 0.717) is 12.5 Å². The quantitative estimate of drug-likeness (QED) is 0.862. The molecule has 1 aromatic rings. The van der Waals surface area contributed by atoms with Crippen molar-refractivity contribution in [2.24, 2.45) is 16.5 Å². The maximum atomic E-state index is 11.8. The van der Waals surface area contributed by atoms with Gasteiger partial charge in [-0.2, -0.15) is 0 Å². The predicted octanol–water partition coefficient (Wildman–Crippen LogP) is 1.01. The van der Waals surface area contributed by atoms with E-state index in [-0.39, 0.29) is 21.8 Å². The van der Waals surface area contributed by atoms with Crippen molar-refractivity contribution in [3.05, 3.63) is 17.6 Å². The van der Waals surface area contributed by atoms with Gasteiger partial charge in [0.25, 0.3) is 5.91 Å². The third-order valence-electron chi connectivity index (χ3n) is 3.63. The number of sulfonamides is 1. The lowest BCUT2D eigenvalue weighted by atomic mass is 10.1. The van der Waals surface area contributed by atoms with Gasteiger partial charge in [0.1, 0.15) is 10.7 Å². The van der Waals surface area contributed by atoms with E-state index in [0.717, 1.165) is 12.5 Å². The predicted molar refractivity (Wildman–Crippen MR) is 69.0 cm³/mol. The van der Waals surface area contributed by atoms with Gasteiger partial charge in [-0.1, -0.05) is 13.8 Å². The van der Waals surface area contributed by atoms with Gasteiger partial charge in [0.15, 0.2) is 5.76 Å². The number of nitrogens with two attached hydrogens (primary N) is 1. The standard InChI is InChI=1S/C12H18N2O4S/c1-7-10(19(13,16)17)4-9(18-7)11(15)14-6-8-5-12(8,2)3/h4,8H,5-6H2,1-3H3,(H,14,15)(H2,13,16,17). The fraction of sp³-hybridized carbons (Fsp3) is 0.583. The molecule has 1 atom stereocenters. The van der Waals surface area contributed by atoms with Crippen molar-refractivity contribution in [2.45, 2.75) is 32.1 Å².